The third-order valence-electron chi connectivity index (χ3n) is 6.49. The predicted molar refractivity (Wildman–Crippen MR) is 148 cm³/mol. The van der Waals surface area contributed by atoms with Crippen LogP contribution < -0.4 is 10.4 Å². The van der Waals surface area contributed by atoms with E-state index in [4.69, 9.17) is 9.16 Å². The molecule has 2 aromatic carbocycles. The molecule has 0 aliphatic carbocycles. The first-order chi connectivity index (χ1) is 15.6. The summed E-state index contributed by atoms with van der Waals surface area (Å²) < 4.78 is 13.4. The zero-order valence-corrected chi connectivity index (χ0v) is 24.4. The molecule has 34 heavy (non-hydrogen) atoms. The molecule has 5 heteroatoms. The second-order valence-electron chi connectivity index (χ2n) is 12.6. The number of rotatable bonds is 6. The molecule has 1 fully saturated rings. The SMILES string of the molecule is CC(C)(C)[C@H](O)[C@@]1(C#C[Si](C)(C)C)O[C@@H]1CO[Si](c1ccccc1)(c1ccccc1)C(C)(C)C. The van der Waals surface area contributed by atoms with E-state index in [1.165, 1.54) is 10.4 Å². The molecule has 1 heterocycles. The number of benzene rings is 2. The Labute approximate surface area is 209 Å². The van der Waals surface area contributed by atoms with Gasteiger partial charge < -0.3 is 14.3 Å². The highest BCUT2D eigenvalue weighted by Crippen LogP contribution is 2.47. The number of aliphatic hydroxyl groups is 1. The van der Waals surface area contributed by atoms with Crippen LogP contribution in [0.5, 0.6) is 0 Å². The van der Waals surface area contributed by atoms with Crippen LogP contribution in [-0.2, 0) is 9.16 Å². The van der Waals surface area contributed by atoms with E-state index in [0.717, 1.165) is 0 Å². The van der Waals surface area contributed by atoms with Gasteiger partial charge in [0.2, 0.25) is 0 Å². The summed E-state index contributed by atoms with van der Waals surface area (Å²) in [6.45, 7) is 20.0. The molecule has 0 radical (unpaired) electrons. The van der Waals surface area contributed by atoms with E-state index in [2.05, 4.69) is 113 Å². The smallest absolute Gasteiger partial charge is 0.261 e. The topological polar surface area (TPSA) is 42.0 Å². The zero-order valence-electron chi connectivity index (χ0n) is 22.4. The van der Waals surface area contributed by atoms with Gasteiger partial charge in [0.1, 0.15) is 20.3 Å². The molecule has 3 atom stereocenters. The minimum absolute atomic E-state index is 0.111. The van der Waals surface area contributed by atoms with Crippen LogP contribution in [0.15, 0.2) is 60.7 Å². The summed E-state index contributed by atoms with van der Waals surface area (Å²) in [6.07, 6.45) is -0.955. The van der Waals surface area contributed by atoms with Gasteiger partial charge in [0.25, 0.3) is 8.32 Å². The van der Waals surface area contributed by atoms with Crippen LogP contribution in [0.4, 0.5) is 0 Å². The highest BCUT2D eigenvalue weighted by atomic mass is 28.4. The molecule has 0 aromatic heterocycles. The Balaban J connectivity index is 2.03. The molecule has 0 bridgehead atoms. The maximum atomic E-state index is 11.3. The average molecular weight is 495 g/mol. The van der Waals surface area contributed by atoms with E-state index in [1.807, 2.05) is 20.8 Å². The van der Waals surface area contributed by atoms with Crippen molar-refractivity contribution in [3.8, 4) is 11.5 Å². The predicted octanol–water partition coefficient (Wildman–Crippen LogP) is 4.99. The van der Waals surface area contributed by atoms with Crippen LogP contribution >= 0.6 is 0 Å². The number of epoxide rings is 1. The molecule has 1 aliphatic rings. The summed E-state index contributed by atoms with van der Waals surface area (Å²) in [7, 11) is -4.32. The lowest BCUT2D eigenvalue weighted by Crippen LogP contribution is -2.67. The standard InChI is InChI=1S/C29H42O3Si2/c1-27(2,3)26(30)29(20-21-33(7,8)9)25(32-29)22-31-34(28(4,5)6,23-16-12-10-13-17-23)24-18-14-11-15-19-24/h10-19,25-26,30H,22H2,1-9H3/t25-,26+,29+/m1/s1. The summed E-state index contributed by atoms with van der Waals surface area (Å²) in [5.41, 5.74) is 2.24. The Morgan fingerprint density at radius 2 is 1.38 bits per heavy atom. The van der Waals surface area contributed by atoms with Crippen LogP contribution in [0.3, 0.4) is 0 Å². The summed E-state index contributed by atoms with van der Waals surface area (Å²) in [5.74, 6) is 3.40. The maximum absolute atomic E-state index is 11.3. The summed E-state index contributed by atoms with van der Waals surface area (Å²) in [4.78, 5) is 0. The van der Waals surface area contributed by atoms with Crippen molar-refractivity contribution in [2.24, 2.45) is 5.41 Å². The number of aliphatic hydroxyl groups excluding tert-OH is 1. The van der Waals surface area contributed by atoms with Gasteiger partial charge in [-0.05, 0) is 20.8 Å². The van der Waals surface area contributed by atoms with E-state index in [-0.39, 0.29) is 16.6 Å². The van der Waals surface area contributed by atoms with Crippen molar-refractivity contribution in [3.63, 3.8) is 0 Å². The molecule has 3 nitrogen and oxygen atoms in total. The Kier molecular flexibility index (Phi) is 7.44. The minimum atomic E-state index is -2.68. The number of hydrogen-bond donors (Lipinski definition) is 1. The Bertz CT molecular complexity index is 981. The Morgan fingerprint density at radius 1 is 0.912 bits per heavy atom. The van der Waals surface area contributed by atoms with Gasteiger partial charge in [-0.1, -0.05) is 128 Å². The second-order valence-corrected chi connectivity index (χ2v) is 21.7. The van der Waals surface area contributed by atoms with Crippen LogP contribution in [0.25, 0.3) is 0 Å². The monoisotopic (exact) mass is 494 g/mol. The van der Waals surface area contributed by atoms with Gasteiger partial charge in [0.15, 0.2) is 5.60 Å². The molecule has 3 rings (SSSR count). The maximum Gasteiger partial charge on any atom is 0.261 e. The van der Waals surface area contributed by atoms with E-state index in [0.29, 0.717) is 6.61 Å². The molecule has 0 amide bonds. The summed E-state index contributed by atoms with van der Waals surface area (Å²) in [6, 6.07) is 21.3. The van der Waals surface area contributed by atoms with E-state index >= 15 is 0 Å². The highest BCUT2D eigenvalue weighted by molar-refractivity contribution is 6.99. The van der Waals surface area contributed by atoms with Crippen molar-refractivity contribution in [2.75, 3.05) is 6.61 Å². The fraction of sp³-hybridized carbons (Fsp3) is 0.517. The van der Waals surface area contributed by atoms with Gasteiger partial charge >= 0.3 is 0 Å². The molecule has 0 spiro atoms. The third-order valence-corrected chi connectivity index (χ3v) is 12.4. The third kappa shape index (κ3) is 5.42. The van der Waals surface area contributed by atoms with Crippen molar-refractivity contribution >= 4 is 26.8 Å². The first kappa shape index (κ1) is 26.9. The molecule has 2 aromatic rings. The Morgan fingerprint density at radius 3 is 1.76 bits per heavy atom. The van der Waals surface area contributed by atoms with Crippen molar-refractivity contribution in [2.45, 2.75) is 84.0 Å². The molecule has 0 saturated carbocycles. The summed E-state index contributed by atoms with van der Waals surface area (Å²) in [5, 5.41) is 13.7. The molecule has 184 valence electrons. The lowest BCUT2D eigenvalue weighted by Gasteiger charge is -2.43. The molecule has 1 aliphatic heterocycles. The van der Waals surface area contributed by atoms with Crippen LogP contribution in [-0.4, -0.2) is 45.9 Å². The van der Waals surface area contributed by atoms with Crippen LogP contribution in [0.2, 0.25) is 24.7 Å². The summed E-state index contributed by atoms with van der Waals surface area (Å²) >= 11 is 0. The van der Waals surface area contributed by atoms with Gasteiger partial charge in [0.05, 0.1) is 6.61 Å². The molecular formula is C29H42O3Si2. The van der Waals surface area contributed by atoms with Crippen LogP contribution in [0, 0.1) is 16.9 Å². The fourth-order valence-electron chi connectivity index (χ4n) is 4.67. The van der Waals surface area contributed by atoms with Crippen molar-refractivity contribution in [1.82, 2.24) is 0 Å². The van der Waals surface area contributed by atoms with Gasteiger partial charge in [-0.2, -0.15) is 0 Å². The first-order valence-electron chi connectivity index (χ1n) is 12.3. The molecular weight excluding hydrogens is 452 g/mol. The van der Waals surface area contributed by atoms with Gasteiger partial charge in [-0.3, -0.25) is 0 Å². The number of hydrogen-bond acceptors (Lipinski definition) is 3. The molecule has 1 N–H and O–H groups in total. The molecule has 1 saturated heterocycles. The average Bonchev–Trinajstić information content (AvgIpc) is 3.46. The van der Waals surface area contributed by atoms with E-state index in [1.54, 1.807) is 0 Å². The number of ether oxygens (including phenoxy) is 1. The largest absolute Gasteiger partial charge is 0.405 e. The fourth-order valence-corrected chi connectivity index (χ4v) is 9.80. The van der Waals surface area contributed by atoms with Gasteiger partial charge in [-0.15, -0.1) is 5.54 Å². The Hall–Kier alpha value is -1.69. The van der Waals surface area contributed by atoms with Crippen LogP contribution in [0.1, 0.15) is 41.5 Å². The van der Waals surface area contributed by atoms with E-state index < -0.39 is 28.1 Å². The van der Waals surface area contributed by atoms with Crippen molar-refractivity contribution in [3.05, 3.63) is 60.7 Å². The lowest BCUT2D eigenvalue weighted by atomic mass is 9.80. The van der Waals surface area contributed by atoms with Gasteiger partial charge in [-0.25, -0.2) is 0 Å². The van der Waals surface area contributed by atoms with Crippen molar-refractivity contribution < 1.29 is 14.3 Å². The van der Waals surface area contributed by atoms with E-state index in [9.17, 15) is 5.11 Å². The quantitative estimate of drug-likeness (QED) is 0.349. The highest BCUT2D eigenvalue weighted by Gasteiger charge is 2.64. The van der Waals surface area contributed by atoms with Gasteiger partial charge in [0, 0.05) is 0 Å². The second kappa shape index (κ2) is 9.40. The normalized spacial score (nSPS) is 22.0. The zero-order chi connectivity index (χ0) is 25.4. The molecule has 0 unspecified atom stereocenters. The minimum Gasteiger partial charge on any atom is -0.405 e. The van der Waals surface area contributed by atoms with Crippen molar-refractivity contribution in [1.29, 1.82) is 0 Å². The first-order valence-corrected chi connectivity index (χ1v) is 17.7. The lowest BCUT2D eigenvalue weighted by molar-refractivity contribution is 0.0144.